The number of nitrogens with zero attached hydrogens (tertiary/aromatic N) is 2. The van der Waals surface area contributed by atoms with Crippen molar-refractivity contribution in [1.29, 1.82) is 5.26 Å². The SMILES string of the molecule is CC(=O)N1CC(S(=O)(=O)c2ccc(OC(C)C(F)(F)F)cc2Cl)CC1C(=O)NC1(C#N)CC1. The molecule has 33 heavy (non-hydrogen) atoms. The number of likely N-dealkylation sites (tertiary alicyclic amines) is 1. The van der Waals surface area contributed by atoms with E-state index < -0.39 is 50.8 Å². The van der Waals surface area contributed by atoms with E-state index >= 15 is 0 Å². The van der Waals surface area contributed by atoms with E-state index in [1.807, 2.05) is 6.07 Å². The zero-order valence-electron chi connectivity index (χ0n) is 17.6. The van der Waals surface area contributed by atoms with Crippen molar-refractivity contribution in [2.45, 2.75) is 67.1 Å². The second-order valence-corrected chi connectivity index (χ2v) is 10.8. The summed E-state index contributed by atoms with van der Waals surface area (Å²) in [6.45, 7) is 1.74. The van der Waals surface area contributed by atoms with Crippen LogP contribution in [0, 0.1) is 11.3 Å². The Kier molecular flexibility index (Phi) is 6.61. The average Bonchev–Trinajstić information content (AvgIpc) is 3.31. The highest BCUT2D eigenvalue weighted by atomic mass is 35.5. The van der Waals surface area contributed by atoms with Crippen LogP contribution in [0.3, 0.4) is 0 Å². The van der Waals surface area contributed by atoms with Gasteiger partial charge in [-0.05, 0) is 38.3 Å². The summed E-state index contributed by atoms with van der Waals surface area (Å²) in [5.74, 6) is -1.38. The van der Waals surface area contributed by atoms with Crippen LogP contribution < -0.4 is 10.1 Å². The van der Waals surface area contributed by atoms with Crippen molar-refractivity contribution < 1.29 is 35.9 Å². The fraction of sp³-hybridized carbons (Fsp3) is 0.550. The fourth-order valence-electron chi connectivity index (χ4n) is 3.56. The molecule has 0 radical (unpaired) electrons. The predicted molar refractivity (Wildman–Crippen MR) is 110 cm³/mol. The van der Waals surface area contributed by atoms with E-state index in [0.717, 1.165) is 30.0 Å². The van der Waals surface area contributed by atoms with Gasteiger partial charge in [-0.15, -0.1) is 0 Å². The summed E-state index contributed by atoms with van der Waals surface area (Å²) >= 11 is 6.07. The highest BCUT2D eigenvalue weighted by molar-refractivity contribution is 7.92. The second kappa shape index (κ2) is 8.68. The maximum atomic E-state index is 13.2. The monoisotopic (exact) mass is 507 g/mol. The first kappa shape index (κ1) is 25.1. The first-order valence-electron chi connectivity index (χ1n) is 9.97. The summed E-state index contributed by atoms with van der Waals surface area (Å²) in [5.41, 5.74) is -0.983. The van der Waals surface area contributed by atoms with Crippen LogP contribution in [0.25, 0.3) is 0 Å². The Morgan fingerprint density at radius 1 is 1.36 bits per heavy atom. The van der Waals surface area contributed by atoms with Gasteiger partial charge in [-0.3, -0.25) is 9.59 Å². The highest BCUT2D eigenvalue weighted by Gasteiger charge is 2.50. The van der Waals surface area contributed by atoms with Crippen molar-refractivity contribution in [3.8, 4) is 11.8 Å². The van der Waals surface area contributed by atoms with E-state index in [4.69, 9.17) is 16.3 Å². The van der Waals surface area contributed by atoms with Crippen molar-refractivity contribution in [2.24, 2.45) is 0 Å². The van der Waals surface area contributed by atoms with Crippen molar-refractivity contribution in [1.82, 2.24) is 10.2 Å². The van der Waals surface area contributed by atoms with Crippen LogP contribution in [0.2, 0.25) is 5.02 Å². The van der Waals surface area contributed by atoms with Crippen molar-refractivity contribution in [3.05, 3.63) is 23.2 Å². The minimum absolute atomic E-state index is 0.213. The molecule has 1 aromatic carbocycles. The molecule has 0 bridgehead atoms. The molecule has 1 saturated heterocycles. The molecule has 2 amide bonds. The van der Waals surface area contributed by atoms with Gasteiger partial charge in [0.05, 0.1) is 21.2 Å². The minimum Gasteiger partial charge on any atom is -0.481 e. The summed E-state index contributed by atoms with van der Waals surface area (Å²) in [5, 5.41) is 10.2. The van der Waals surface area contributed by atoms with Gasteiger partial charge in [0.2, 0.25) is 11.8 Å². The number of benzene rings is 1. The number of ether oxygens (including phenoxy) is 1. The Morgan fingerprint density at radius 3 is 2.48 bits per heavy atom. The van der Waals surface area contributed by atoms with Crippen molar-refractivity contribution >= 4 is 33.3 Å². The Labute approximate surface area is 193 Å². The molecule has 3 rings (SSSR count). The molecule has 1 aliphatic heterocycles. The van der Waals surface area contributed by atoms with Crippen LogP contribution >= 0.6 is 11.6 Å². The van der Waals surface area contributed by atoms with Crippen LogP contribution in [-0.2, 0) is 19.4 Å². The molecule has 1 aliphatic carbocycles. The van der Waals surface area contributed by atoms with Crippen LogP contribution in [0.15, 0.2) is 23.1 Å². The molecule has 2 fully saturated rings. The number of carbonyl (C=O) groups is 2. The number of carbonyl (C=O) groups excluding carboxylic acids is 2. The number of amides is 2. The van der Waals surface area contributed by atoms with Crippen molar-refractivity contribution in [2.75, 3.05) is 6.54 Å². The number of hydrogen-bond donors (Lipinski definition) is 1. The van der Waals surface area contributed by atoms with Gasteiger partial charge in [0.25, 0.3) is 0 Å². The molecular formula is C20H21ClF3N3O5S. The molecular weight excluding hydrogens is 487 g/mol. The third-order valence-electron chi connectivity index (χ3n) is 5.72. The smallest absolute Gasteiger partial charge is 0.425 e. The first-order chi connectivity index (χ1) is 15.2. The van der Waals surface area contributed by atoms with Crippen LogP contribution in [0.1, 0.15) is 33.1 Å². The van der Waals surface area contributed by atoms with Gasteiger partial charge in [0, 0.05) is 19.5 Å². The number of sulfone groups is 1. The third kappa shape index (κ3) is 5.19. The van der Waals surface area contributed by atoms with E-state index in [-0.39, 0.29) is 28.6 Å². The molecule has 2 aliphatic rings. The highest BCUT2D eigenvalue weighted by Crippen LogP contribution is 2.37. The van der Waals surface area contributed by atoms with Crippen LogP contribution in [-0.4, -0.2) is 60.8 Å². The van der Waals surface area contributed by atoms with Crippen LogP contribution in [0.5, 0.6) is 5.75 Å². The standard InChI is InChI=1S/C20H21ClF3N3O5S/c1-11(20(22,23)24)32-13-3-4-17(15(21)7-13)33(30,31)14-8-16(27(9-14)12(2)28)18(29)26-19(10-25)5-6-19/h3-4,7,11,14,16H,5-6,8-9H2,1-2H3,(H,26,29). The normalized spacial score (nSPS) is 22.9. The predicted octanol–water partition coefficient (Wildman–Crippen LogP) is 2.61. The first-order valence-corrected chi connectivity index (χ1v) is 11.9. The minimum atomic E-state index is -4.61. The zero-order chi connectivity index (χ0) is 24.8. The van der Waals surface area contributed by atoms with Crippen molar-refractivity contribution in [3.63, 3.8) is 0 Å². The number of alkyl halides is 3. The van der Waals surface area contributed by atoms with Gasteiger partial charge in [0.15, 0.2) is 15.9 Å². The van der Waals surface area contributed by atoms with Gasteiger partial charge in [0.1, 0.15) is 17.3 Å². The molecule has 0 aromatic heterocycles. The summed E-state index contributed by atoms with van der Waals surface area (Å²) < 4.78 is 69.3. The number of nitriles is 1. The molecule has 0 spiro atoms. The van der Waals surface area contributed by atoms with E-state index in [2.05, 4.69) is 5.32 Å². The van der Waals surface area contributed by atoms with Gasteiger partial charge in [-0.25, -0.2) is 8.42 Å². The number of hydrogen-bond acceptors (Lipinski definition) is 6. The lowest BCUT2D eigenvalue weighted by Crippen LogP contribution is -2.48. The lowest BCUT2D eigenvalue weighted by atomic mass is 10.2. The largest absolute Gasteiger partial charge is 0.481 e. The lowest BCUT2D eigenvalue weighted by Gasteiger charge is -2.23. The second-order valence-electron chi connectivity index (χ2n) is 8.17. The molecule has 1 heterocycles. The maximum absolute atomic E-state index is 13.2. The van der Waals surface area contributed by atoms with E-state index in [0.29, 0.717) is 12.8 Å². The molecule has 13 heteroatoms. The van der Waals surface area contributed by atoms with Gasteiger partial charge in [-0.2, -0.15) is 18.4 Å². The summed E-state index contributed by atoms with van der Waals surface area (Å²) in [6.07, 6.45) is -6.01. The zero-order valence-corrected chi connectivity index (χ0v) is 19.2. The van der Waals surface area contributed by atoms with Gasteiger partial charge >= 0.3 is 6.18 Å². The lowest BCUT2D eigenvalue weighted by molar-refractivity contribution is -0.189. The van der Waals surface area contributed by atoms with Gasteiger partial charge in [-0.1, -0.05) is 11.6 Å². The third-order valence-corrected chi connectivity index (χ3v) is 8.33. The Hall–Kier alpha value is -2.52. The summed E-state index contributed by atoms with van der Waals surface area (Å²) in [7, 11) is -4.16. The summed E-state index contributed by atoms with van der Waals surface area (Å²) in [4.78, 5) is 25.5. The molecule has 8 nitrogen and oxygen atoms in total. The summed E-state index contributed by atoms with van der Waals surface area (Å²) in [6, 6.07) is 3.99. The molecule has 1 N–H and O–H groups in total. The quantitative estimate of drug-likeness (QED) is 0.632. The Morgan fingerprint density at radius 2 is 2.00 bits per heavy atom. The maximum Gasteiger partial charge on any atom is 0.425 e. The van der Waals surface area contributed by atoms with E-state index in [1.54, 1.807) is 0 Å². The molecule has 1 aromatic rings. The Balaban J connectivity index is 1.81. The topological polar surface area (TPSA) is 117 Å². The Bertz CT molecular complexity index is 1110. The van der Waals surface area contributed by atoms with Gasteiger partial charge < -0.3 is 15.0 Å². The number of nitrogens with one attached hydrogen (secondary N) is 1. The molecule has 180 valence electrons. The van der Waals surface area contributed by atoms with Crippen LogP contribution in [0.4, 0.5) is 13.2 Å². The van der Waals surface area contributed by atoms with E-state index in [9.17, 15) is 36.4 Å². The molecule has 3 atom stereocenters. The number of rotatable bonds is 6. The van der Waals surface area contributed by atoms with E-state index in [1.165, 1.54) is 6.92 Å². The molecule has 1 saturated carbocycles. The fourth-order valence-corrected chi connectivity index (χ4v) is 5.80. The number of halogens is 4. The molecule has 3 unspecified atom stereocenters. The average molecular weight is 508 g/mol.